The van der Waals surface area contributed by atoms with E-state index in [1.54, 1.807) is 0 Å². The Bertz CT molecular complexity index is 1040. The number of hydrogen-bond acceptors (Lipinski definition) is 3. The van der Waals surface area contributed by atoms with E-state index in [1.807, 2.05) is 36.1 Å². The van der Waals surface area contributed by atoms with Crippen LogP contribution in [0.1, 0.15) is 33.9 Å². The molecule has 3 aromatic rings. The van der Waals surface area contributed by atoms with Crippen LogP contribution in [0.3, 0.4) is 0 Å². The monoisotopic (exact) mass is 428 g/mol. The van der Waals surface area contributed by atoms with Gasteiger partial charge in [0.25, 0.3) is 5.91 Å². The van der Waals surface area contributed by atoms with Gasteiger partial charge < -0.3 is 9.64 Å². The van der Waals surface area contributed by atoms with Crippen LogP contribution in [0, 0.1) is 20.8 Å². The molecule has 1 atom stereocenters. The topological polar surface area (TPSA) is 32.8 Å². The van der Waals surface area contributed by atoms with Crippen LogP contribution in [0.4, 0.5) is 0 Å². The fourth-order valence-electron chi connectivity index (χ4n) is 4.38. The van der Waals surface area contributed by atoms with Crippen LogP contribution in [-0.2, 0) is 4.79 Å². The highest BCUT2D eigenvalue weighted by Gasteiger charge is 2.29. The lowest BCUT2D eigenvalue weighted by molar-refractivity contribution is -0.135. The molecule has 0 saturated carbocycles. The van der Waals surface area contributed by atoms with E-state index in [0.29, 0.717) is 13.1 Å². The molecule has 1 amide bonds. The second kappa shape index (κ2) is 10.0. The minimum atomic E-state index is 0.0493. The molecule has 0 radical (unpaired) electrons. The Balaban J connectivity index is 1.44. The van der Waals surface area contributed by atoms with E-state index in [9.17, 15) is 4.79 Å². The summed E-state index contributed by atoms with van der Waals surface area (Å²) in [4.78, 5) is 17.2. The van der Waals surface area contributed by atoms with Gasteiger partial charge in [0.1, 0.15) is 5.75 Å². The molecule has 1 fully saturated rings. The van der Waals surface area contributed by atoms with Gasteiger partial charge in [0.2, 0.25) is 0 Å². The van der Waals surface area contributed by atoms with Crippen molar-refractivity contribution in [2.45, 2.75) is 26.8 Å². The van der Waals surface area contributed by atoms with Crippen LogP contribution < -0.4 is 4.74 Å². The van der Waals surface area contributed by atoms with Crippen molar-refractivity contribution in [1.29, 1.82) is 0 Å². The number of piperazine rings is 1. The maximum Gasteiger partial charge on any atom is 0.260 e. The van der Waals surface area contributed by atoms with E-state index in [0.717, 1.165) is 18.8 Å². The Morgan fingerprint density at radius 1 is 0.844 bits per heavy atom. The Morgan fingerprint density at radius 3 is 2.19 bits per heavy atom. The third kappa shape index (κ3) is 5.20. The SMILES string of the molecule is Cc1ccc(OCC(=O)N2CCN([C@H](c3ccccc3)c3cc(C)ccc3C)CC2)cc1. The maximum atomic E-state index is 12.7. The summed E-state index contributed by atoms with van der Waals surface area (Å²) < 4.78 is 5.71. The lowest BCUT2D eigenvalue weighted by atomic mass is 9.92. The number of ether oxygens (including phenoxy) is 1. The second-order valence-electron chi connectivity index (χ2n) is 8.69. The third-order valence-corrected chi connectivity index (χ3v) is 6.26. The summed E-state index contributed by atoms with van der Waals surface area (Å²) in [6, 6.07) is 25.4. The number of benzene rings is 3. The molecule has 0 spiro atoms. The highest BCUT2D eigenvalue weighted by molar-refractivity contribution is 5.77. The molecule has 1 aliphatic heterocycles. The van der Waals surface area contributed by atoms with Crippen molar-refractivity contribution in [1.82, 2.24) is 9.80 Å². The lowest BCUT2D eigenvalue weighted by Crippen LogP contribution is -2.51. The first-order valence-corrected chi connectivity index (χ1v) is 11.3. The summed E-state index contributed by atoms with van der Waals surface area (Å²) in [5, 5.41) is 0. The molecule has 1 aliphatic rings. The fourth-order valence-corrected chi connectivity index (χ4v) is 4.38. The highest BCUT2D eigenvalue weighted by Crippen LogP contribution is 2.32. The lowest BCUT2D eigenvalue weighted by Gasteiger charge is -2.40. The number of aryl methyl sites for hydroxylation is 3. The Labute approximate surface area is 191 Å². The minimum absolute atomic E-state index is 0.0493. The van der Waals surface area contributed by atoms with E-state index in [4.69, 9.17) is 4.74 Å². The zero-order valence-corrected chi connectivity index (χ0v) is 19.3. The smallest absolute Gasteiger partial charge is 0.260 e. The summed E-state index contributed by atoms with van der Waals surface area (Å²) >= 11 is 0. The van der Waals surface area contributed by atoms with Gasteiger partial charge in [-0.3, -0.25) is 9.69 Å². The number of amides is 1. The summed E-state index contributed by atoms with van der Waals surface area (Å²) in [6.07, 6.45) is 0. The molecule has 32 heavy (non-hydrogen) atoms. The Kier molecular flexibility index (Phi) is 6.91. The summed E-state index contributed by atoms with van der Waals surface area (Å²) in [5.41, 5.74) is 6.39. The van der Waals surface area contributed by atoms with Crippen molar-refractivity contribution in [3.63, 3.8) is 0 Å². The van der Waals surface area contributed by atoms with Crippen molar-refractivity contribution in [2.75, 3.05) is 32.8 Å². The highest BCUT2D eigenvalue weighted by atomic mass is 16.5. The van der Waals surface area contributed by atoms with Gasteiger partial charge in [0.15, 0.2) is 6.61 Å². The van der Waals surface area contributed by atoms with Gasteiger partial charge in [0, 0.05) is 26.2 Å². The third-order valence-electron chi connectivity index (χ3n) is 6.26. The van der Waals surface area contributed by atoms with Crippen LogP contribution in [0.5, 0.6) is 5.75 Å². The molecule has 3 aromatic carbocycles. The average Bonchev–Trinajstić information content (AvgIpc) is 2.82. The first-order chi connectivity index (χ1) is 15.5. The first kappa shape index (κ1) is 22.1. The standard InChI is InChI=1S/C28H32N2O2/c1-21-10-13-25(14-11-21)32-20-27(31)29-15-17-30(18-16-29)28(24-7-5-4-6-8-24)26-19-22(2)9-12-23(26)3/h4-14,19,28H,15-18,20H2,1-3H3/t28-/m1/s1. The molecule has 4 nitrogen and oxygen atoms in total. The Morgan fingerprint density at radius 2 is 1.50 bits per heavy atom. The van der Waals surface area contributed by atoms with Crippen LogP contribution in [-0.4, -0.2) is 48.5 Å². The maximum absolute atomic E-state index is 12.7. The van der Waals surface area contributed by atoms with Gasteiger partial charge in [-0.25, -0.2) is 0 Å². The van der Waals surface area contributed by atoms with E-state index >= 15 is 0 Å². The van der Waals surface area contributed by atoms with E-state index in [-0.39, 0.29) is 18.6 Å². The van der Waals surface area contributed by atoms with Crippen LogP contribution in [0.25, 0.3) is 0 Å². The fraction of sp³-hybridized carbons (Fsp3) is 0.321. The summed E-state index contributed by atoms with van der Waals surface area (Å²) in [6.45, 7) is 9.56. The second-order valence-corrected chi connectivity index (χ2v) is 8.69. The molecule has 0 unspecified atom stereocenters. The average molecular weight is 429 g/mol. The van der Waals surface area contributed by atoms with E-state index in [1.165, 1.54) is 27.8 Å². The molecule has 4 rings (SSSR count). The number of rotatable bonds is 6. The van der Waals surface area contributed by atoms with Gasteiger partial charge in [-0.1, -0.05) is 71.8 Å². The van der Waals surface area contributed by atoms with Crippen LogP contribution in [0.15, 0.2) is 72.8 Å². The quantitative estimate of drug-likeness (QED) is 0.558. The number of carbonyl (C=O) groups is 1. The van der Waals surface area contributed by atoms with Crippen LogP contribution >= 0.6 is 0 Å². The molecule has 0 N–H and O–H groups in total. The van der Waals surface area contributed by atoms with Gasteiger partial charge in [-0.2, -0.15) is 0 Å². The number of nitrogens with zero attached hydrogens (tertiary/aromatic N) is 2. The molecular formula is C28H32N2O2. The molecule has 166 valence electrons. The molecule has 1 heterocycles. The summed E-state index contributed by atoms with van der Waals surface area (Å²) in [5.74, 6) is 0.787. The zero-order chi connectivity index (χ0) is 22.5. The summed E-state index contributed by atoms with van der Waals surface area (Å²) in [7, 11) is 0. The van der Waals surface area contributed by atoms with Gasteiger partial charge in [-0.15, -0.1) is 0 Å². The van der Waals surface area contributed by atoms with Crippen molar-refractivity contribution in [3.8, 4) is 5.75 Å². The van der Waals surface area contributed by atoms with E-state index in [2.05, 4.69) is 67.3 Å². The molecular weight excluding hydrogens is 396 g/mol. The molecule has 1 saturated heterocycles. The number of carbonyl (C=O) groups excluding carboxylic acids is 1. The van der Waals surface area contributed by atoms with E-state index < -0.39 is 0 Å². The van der Waals surface area contributed by atoms with Crippen molar-refractivity contribution in [2.24, 2.45) is 0 Å². The molecule has 0 bridgehead atoms. The van der Waals surface area contributed by atoms with Crippen molar-refractivity contribution >= 4 is 5.91 Å². The molecule has 0 aromatic heterocycles. The van der Waals surface area contributed by atoms with Gasteiger partial charge >= 0.3 is 0 Å². The van der Waals surface area contributed by atoms with Gasteiger partial charge in [0.05, 0.1) is 6.04 Å². The Hall–Kier alpha value is -3.11. The number of hydrogen-bond donors (Lipinski definition) is 0. The predicted molar refractivity (Wildman–Crippen MR) is 129 cm³/mol. The molecule has 4 heteroatoms. The predicted octanol–water partition coefficient (Wildman–Crippen LogP) is 4.92. The van der Waals surface area contributed by atoms with Crippen molar-refractivity contribution in [3.05, 3.63) is 101 Å². The van der Waals surface area contributed by atoms with Crippen molar-refractivity contribution < 1.29 is 9.53 Å². The first-order valence-electron chi connectivity index (χ1n) is 11.3. The zero-order valence-electron chi connectivity index (χ0n) is 19.3. The normalized spacial score (nSPS) is 15.4. The van der Waals surface area contributed by atoms with Gasteiger partial charge in [-0.05, 0) is 49.6 Å². The minimum Gasteiger partial charge on any atom is -0.484 e. The largest absolute Gasteiger partial charge is 0.484 e. The van der Waals surface area contributed by atoms with Crippen LogP contribution in [0.2, 0.25) is 0 Å². The molecule has 0 aliphatic carbocycles.